The summed E-state index contributed by atoms with van der Waals surface area (Å²) < 4.78 is 45.6. The molecule has 1 saturated heterocycles. The van der Waals surface area contributed by atoms with Gasteiger partial charge < -0.3 is 19.8 Å². The number of halogens is 3. The van der Waals surface area contributed by atoms with Crippen LogP contribution in [0, 0.1) is 5.41 Å². The zero-order valence-electron chi connectivity index (χ0n) is 15.4. The number of hydrogen-bond donors (Lipinski definition) is 2. The molecule has 1 fully saturated rings. The number of esters is 1. The molecule has 28 heavy (non-hydrogen) atoms. The van der Waals surface area contributed by atoms with Crippen LogP contribution in [0.1, 0.15) is 48.2 Å². The van der Waals surface area contributed by atoms with E-state index in [0.29, 0.717) is 6.07 Å². The van der Waals surface area contributed by atoms with Crippen molar-refractivity contribution in [2.45, 2.75) is 39.0 Å². The zero-order valence-corrected chi connectivity index (χ0v) is 15.4. The summed E-state index contributed by atoms with van der Waals surface area (Å²) in [6, 6.07) is 2.99. The minimum absolute atomic E-state index is 0.200. The maximum absolute atomic E-state index is 13.5. The second kappa shape index (κ2) is 7.33. The normalized spacial score (nSPS) is 22.4. The molecule has 0 bridgehead atoms. The lowest BCUT2D eigenvalue weighted by molar-refractivity contribution is -0.147. The highest BCUT2D eigenvalue weighted by atomic mass is 19.4. The molecule has 2 N–H and O–H groups in total. The van der Waals surface area contributed by atoms with E-state index in [9.17, 15) is 37.8 Å². The summed E-state index contributed by atoms with van der Waals surface area (Å²) in [5, 5.41) is 18.9. The standard InChI is InChI=1S/C18H20F3NO6/c1-9(2)28-14(23)13-10(5-4-6-11(13)18(19,20)21)12-7-22(16(26)27)8-17(12,3)15(24)25/h4-6,9,12H,7-8H2,1-3H3,(H,24,25)(H,26,27). The number of carbonyl (C=O) groups is 3. The number of nitrogens with zero attached hydrogens (tertiary/aromatic N) is 1. The minimum Gasteiger partial charge on any atom is -0.481 e. The first-order valence-electron chi connectivity index (χ1n) is 8.41. The van der Waals surface area contributed by atoms with E-state index in [4.69, 9.17) is 4.74 Å². The van der Waals surface area contributed by atoms with Gasteiger partial charge in [0, 0.05) is 19.0 Å². The molecule has 2 unspecified atom stereocenters. The first-order valence-corrected chi connectivity index (χ1v) is 8.41. The summed E-state index contributed by atoms with van der Waals surface area (Å²) in [6.45, 7) is 3.41. The number of carbonyl (C=O) groups excluding carboxylic acids is 1. The predicted octanol–water partition coefficient (Wildman–Crippen LogP) is 3.44. The van der Waals surface area contributed by atoms with E-state index in [1.807, 2.05) is 0 Å². The molecule has 1 aliphatic heterocycles. The van der Waals surface area contributed by atoms with Gasteiger partial charge in [-0.2, -0.15) is 13.2 Å². The molecule has 1 heterocycles. The van der Waals surface area contributed by atoms with Crippen LogP contribution >= 0.6 is 0 Å². The van der Waals surface area contributed by atoms with E-state index >= 15 is 0 Å². The van der Waals surface area contributed by atoms with Gasteiger partial charge in [0.05, 0.1) is 22.6 Å². The van der Waals surface area contributed by atoms with Gasteiger partial charge in [0.2, 0.25) is 0 Å². The van der Waals surface area contributed by atoms with Gasteiger partial charge in [0.25, 0.3) is 0 Å². The van der Waals surface area contributed by atoms with E-state index in [1.165, 1.54) is 26.8 Å². The minimum atomic E-state index is -4.88. The van der Waals surface area contributed by atoms with Crippen molar-refractivity contribution >= 4 is 18.0 Å². The smallest absolute Gasteiger partial charge is 0.417 e. The van der Waals surface area contributed by atoms with Crippen LogP contribution in [-0.4, -0.2) is 52.3 Å². The Bertz CT molecular complexity index is 807. The summed E-state index contributed by atoms with van der Waals surface area (Å²) in [4.78, 5) is 36.5. The summed E-state index contributed by atoms with van der Waals surface area (Å²) >= 11 is 0. The van der Waals surface area contributed by atoms with Crippen molar-refractivity contribution in [1.29, 1.82) is 0 Å². The maximum atomic E-state index is 13.5. The molecule has 0 aliphatic carbocycles. The van der Waals surface area contributed by atoms with Gasteiger partial charge >= 0.3 is 24.2 Å². The molecule has 0 radical (unpaired) electrons. The van der Waals surface area contributed by atoms with Gasteiger partial charge in [-0.3, -0.25) is 4.79 Å². The number of aliphatic carboxylic acids is 1. The van der Waals surface area contributed by atoms with Gasteiger partial charge in [0.15, 0.2) is 0 Å². The molecule has 154 valence electrons. The Morgan fingerprint density at radius 2 is 1.86 bits per heavy atom. The summed E-state index contributed by atoms with van der Waals surface area (Å²) in [5.41, 5.74) is -3.95. The average Bonchev–Trinajstić information content (AvgIpc) is 2.92. The number of rotatable bonds is 4. The highest BCUT2D eigenvalue weighted by Crippen LogP contribution is 2.46. The number of hydrogen-bond acceptors (Lipinski definition) is 4. The molecule has 1 aromatic carbocycles. The third kappa shape index (κ3) is 3.90. The Labute approximate surface area is 158 Å². The third-order valence-corrected chi connectivity index (χ3v) is 4.77. The Morgan fingerprint density at radius 1 is 1.25 bits per heavy atom. The van der Waals surface area contributed by atoms with Gasteiger partial charge in [0.1, 0.15) is 0 Å². The molecule has 0 saturated carbocycles. The fraction of sp³-hybridized carbons (Fsp3) is 0.500. The largest absolute Gasteiger partial charge is 0.481 e. The topological polar surface area (TPSA) is 104 Å². The molecule has 1 aliphatic rings. The van der Waals surface area contributed by atoms with Gasteiger partial charge in [-0.15, -0.1) is 0 Å². The molecular formula is C18H20F3NO6. The lowest BCUT2D eigenvalue weighted by atomic mass is 9.74. The van der Waals surface area contributed by atoms with Crippen LogP contribution in [-0.2, 0) is 15.7 Å². The molecule has 2 atom stereocenters. The van der Waals surface area contributed by atoms with Gasteiger partial charge in [-0.1, -0.05) is 12.1 Å². The first kappa shape index (κ1) is 21.5. The second-order valence-corrected chi connectivity index (χ2v) is 7.16. The average molecular weight is 403 g/mol. The van der Waals surface area contributed by atoms with Crippen molar-refractivity contribution in [2.75, 3.05) is 13.1 Å². The molecule has 0 aromatic heterocycles. The molecule has 2 rings (SSSR count). The Balaban J connectivity index is 2.71. The number of ether oxygens (including phenoxy) is 1. The van der Waals surface area contributed by atoms with Crippen molar-refractivity contribution < 1.29 is 42.5 Å². The van der Waals surface area contributed by atoms with Crippen LogP contribution in [0.15, 0.2) is 18.2 Å². The summed E-state index contributed by atoms with van der Waals surface area (Å²) in [5.74, 6) is -3.78. The maximum Gasteiger partial charge on any atom is 0.417 e. The van der Waals surface area contributed by atoms with E-state index in [1.54, 1.807) is 0 Å². The number of likely N-dealkylation sites (tertiary alicyclic amines) is 1. The third-order valence-electron chi connectivity index (χ3n) is 4.77. The number of carboxylic acids is 1. The molecule has 0 spiro atoms. The number of alkyl halides is 3. The van der Waals surface area contributed by atoms with Crippen molar-refractivity contribution in [2.24, 2.45) is 5.41 Å². The summed E-state index contributed by atoms with van der Waals surface area (Å²) in [7, 11) is 0. The van der Waals surface area contributed by atoms with Gasteiger partial charge in [-0.05, 0) is 32.4 Å². The van der Waals surface area contributed by atoms with Crippen molar-refractivity contribution in [3.8, 4) is 0 Å². The van der Waals surface area contributed by atoms with E-state index < -0.39 is 59.3 Å². The first-order chi connectivity index (χ1) is 12.8. The Hall–Kier alpha value is -2.78. The molecule has 1 aromatic rings. The highest BCUT2D eigenvalue weighted by molar-refractivity contribution is 5.94. The molecule has 10 heteroatoms. The lowest BCUT2D eigenvalue weighted by Crippen LogP contribution is -2.36. The van der Waals surface area contributed by atoms with E-state index in [0.717, 1.165) is 11.0 Å². The highest BCUT2D eigenvalue weighted by Gasteiger charge is 2.52. The Kier molecular flexibility index (Phi) is 5.63. The van der Waals surface area contributed by atoms with Crippen molar-refractivity contribution in [3.05, 3.63) is 34.9 Å². The number of carboxylic acid groups (broad SMARTS) is 2. The monoisotopic (exact) mass is 403 g/mol. The fourth-order valence-corrected chi connectivity index (χ4v) is 3.39. The fourth-order valence-electron chi connectivity index (χ4n) is 3.39. The van der Waals surface area contributed by atoms with Gasteiger partial charge in [-0.25, -0.2) is 9.59 Å². The van der Waals surface area contributed by atoms with Crippen molar-refractivity contribution in [3.63, 3.8) is 0 Å². The van der Waals surface area contributed by atoms with Crippen LogP contribution in [0.3, 0.4) is 0 Å². The van der Waals surface area contributed by atoms with E-state index in [2.05, 4.69) is 0 Å². The number of amides is 1. The Morgan fingerprint density at radius 3 is 2.32 bits per heavy atom. The van der Waals surface area contributed by atoms with Crippen LogP contribution in [0.25, 0.3) is 0 Å². The molecular weight excluding hydrogens is 383 g/mol. The lowest BCUT2D eigenvalue weighted by Gasteiger charge is -2.28. The SMILES string of the molecule is CC(C)OC(=O)c1c(C2CN(C(=O)O)CC2(C)C(=O)O)cccc1C(F)(F)F. The van der Waals surface area contributed by atoms with Crippen LogP contribution in [0.4, 0.5) is 18.0 Å². The second-order valence-electron chi connectivity index (χ2n) is 7.16. The zero-order chi connectivity index (χ0) is 21.4. The molecule has 7 nitrogen and oxygen atoms in total. The van der Waals surface area contributed by atoms with E-state index in [-0.39, 0.29) is 12.1 Å². The predicted molar refractivity (Wildman–Crippen MR) is 90.1 cm³/mol. The van der Waals surface area contributed by atoms with Crippen molar-refractivity contribution in [1.82, 2.24) is 4.90 Å². The van der Waals surface area contributed by atoms with Crippen LogP contribution in [0.5, 0.6) is 0 Å². The quantitative estimate of drug-likeness (QED) is 0.747. The number of benzene rings is 1. The summed E-state index contributed by atoms with van der Waals surface area (Å²) in [6.07, 6.45) is -6.98. The van der Waals surface area contributed by atoms with Crippen LogP contribution in [0.2, 0.25) is 0 Å². The molecule has 1 amide bonds. The van der Waals surface area contributed by atoms with Crippen LogP contribution < -0.4 is 0 Å².